The second kappa shape index (κ2) is 14.8. The van der Waals surface area contributed by atoms with Gasteiger partial charge in [0.2, 0.25) is 0 Å². The van der Waals surface area contributed by atoms with Gasteiger partial charge in [0.1, 0.15) is 5.82 Å². The molecule has 0 saturated carbocycles. The molecule has 0 N–H and O–H groups in total. The Morgan fingerprint density at radius 3 is 2.50 bits per heavy atom. The molecule has 0 spiro atoms. The van der Waals surface area contributed by atoms with Crippen molar-refractivity contribution in [2.75, 3.05) is 0 Å². The van der Waals surface area contributed by atoms with Gasteiger partial charge in [-0.15, -0.1) is 0 Å². The summed E-state index contributed by atoms with van der Waals surface area (Å²) in [5.41, 5.74) is 6.77. The first-order chi connectivity index (χ1) is 15.3. The number of rotatable bonds is 8. The third-order valence-corrected chi connectivity index (χ3v) is 4.89. The summed E-state index contributed by atoms with van der Waals surface area (Å²) in [6.07, 6.45) is 16.4. The SMILES string of the molecule is C=C(C)/C(=C/C=C(\C)C1=C(C#N)CC=CC=C1)C(=C)CCCc1cccc(F)c1.CCC. The zero-order chi connectivity index (χ0) is 23.9. The van der Waals surface area contributed by atoms with E-state index in [1.165, 1.54) is 12.5 Å². The van der Waals surface area contributed by atoms with Crippen molar-refractivity contribution in [1.82, 2.24) is 0 Å². The quantitative estimate of drug-likeness (QED) is 0.378. The summed E-state index contributed by atoms with van der Waals surface area (Å²) in [6, 6.07) is 9.05. The van der Waals surface area contributed by atoms with Gasteiger partial charge in [-0.05, 0) is 73.1 Å². The van der Waals surface area contributed by atoms with Crippen LogP contribution >= 0.6 is 0 Å². The number of allylic oxidation sites excluding steroid dienone is 12. The third-order valence-electron chi connectivity index (χ3n) is 4.89. The number of aryl methyl sites for hydroxylation is 1. The molecular weight excluding hydrogens is 393 g/mol. The van der Waals surface area contributed by atoms with E-state index >= 15 is 0 Å². The number of benzene rings is 1. The zero-order valence-electron chi connectivity index (χ0n) is 20.0. The summed E-state index contributed by atoms with van der Waals surface area (Å²) in [7, 11) is 0. The highest BCUT2D eigenvalue weighted by atomic mass is 19.1. The number of hydrogen-bond acceptors (Lipinski definition) is 1. The first kappa shape index (κ1) is 26.9. The van der Waals surface area contributed by atoms with Crippen LogP contribution < -0.4 is 0 Å². The first-order valence-corrected chi connectivity index (χ1v) is 11.3. The highest BCUT2D eigenvalue weighted by Gasteiger charge is 2.08. The molecule has 0 saturated heterocycles. The Hall–Kier alpha value is -3.18. The molecule has 0 aromatic heterocycles. The van der Waals surface area contributed by atoms with Crippen molar-refractivity contribution in [2.24, 2.45) is 0 Å². The van der Waals surface area contributed by atoms with Crippen LogP contribution in [-0.2, 0) is 6.42 Å². The van der Waals surface area contributed by atoms with Crippen molar-refractivity contribution in [3.63, 3.8) is 0 Å². The Labute approximate surface area is 194 Å². The fourth-order valence-corrected chi connectivity index (χ4v) is 3.30. The molecule has 0 aliphatic heterocycles. The van der Waals surface area contributed by atoms with Crippen LogP contribution in [0.15, 0.2) is 107 Å². The second-order valence-corrected chi connectivity index (χ2v) is 8.00. The maximum absolute atomic E-state index is 13.3. The predicted molar refractivity (Wildman–Crippen MR) is 137 cm³/mol. The van der Waals surface area contributed by atoms with E-state index in [0.29, 0.717) is 6.42 Å². The molecule has 0 radical (unpaired) electrons. The minimum atomic E-state index is -0.196. The van der Waals surface area contributed by atoms with Crippen molar-refractivity contribution in [1.29, 1.82) is 5.26 Å². The lowest BCUT2D eigenvalue weighted by Crippen LogP contribution is -1.94. The summed E-state index contributed by atoms with van der Waals surface area (Å²) < 4.78 is 13.3. The molecule has 1 nitrogen and oxygen atoms in total. The van der Waals surface area contributed by atoms with Crippen molar-refractivity contribution in [3.05, 3.63) is 119 Å². The smallest absolute Gasteiger partial charge is 0.123 e. The minimum absolute atomic E-state index is 0.196. The van der Waals surface area contributed by atoms with Crippen LogP contribution in [0.3, 0.4) is 0 Å². The number of halogens is 1. The maximum atomic E-state index is 13.3. The number of nitriles is 1. The summed E-state index contributed by atoms with van der Waals surface area (Å²) in [5, 5.41) is 9.43. The molecule has 2 heteroatoms. The molecular formula is C30H36FN. The van der Waals surface area contributed by atoms with Gasteiger partial charge in [-0.25, -0.2) is 4.39 Å². The van der Waals surface area contributed by atoms with Crippen LogP contribution in [0.2, 0.25) is 0 Å². The molecule has 2 rings (SSSR count). The molecule has 1 aliphatic carbocycles. The van der Waals surface area contributed by atoms with E-state index in [9.17, 15) is 9.65 Å². The van der Waals surface area contributed by atoms with Crippen LogP contribution in [0, 0.1) is 17.1 Å². The largest absolute Gasteiger partial charge is 0.207 e. The molecule has 0 fully saturated rings. The molecule has 1 aromatic carbocycles. The van der Waals surface area contributed by atoms with Crippen LogP contribution in [-0.4, -0.2) is 0 Å². The Morgan fingerprint density at radius 1 is 1.16 bits per heavy atom. The van der Waals surface area contributed by atoms with Crippen LogP contribution in [0.25, 0.3) is 0 Å². The molecule has 168 valence electrons. The summed E-state index contributed by atoms with van der Waals surface area (Å²) in [5.74, 6) is -0.196. The molecule has 0 amide bonds. The van der Waals surface area contributed by atoms with E-state index in [4.69, 9.17) is 0 Å². The second-order valence-electron chi connectivity index (χ2n) is 8.00. The van der Waals surface area contributed by atoms with Gasteiger partial charge in [0, 0.05) is 12.0 Å². The number of nitrogens with zero attached hydrogens (tertiary/aromatic N) is 1. The fraction of sp³-hybridized carbons (Fsp3) is 0.300. The van der Waals surface area contributed by atoms with Gasteiger partial charge >= 0.3 is 0 Å². The standard InChI is InChI=1S/C27H28FN.C3H8/c1-20(2)26(21(3)10-8-11-23-12-9-14-25(28)18-23)17-16-22(4)27-15-7-5-6-13-24(27)19-29;1-3-2/h5-7,9,12,14-18H,1,3,8,10-11,13H2,2,4H3;3H2,1-2H3/b22-16+,26-17-;. The van der Waals surface area contributed by atoms with Crippen LogP contribution in [0.4, 0.5) is 4.39 Å². The molecule has 0 atom stereocenters. The normalized spacial score (nSPS) is 13.8. The van der Waals surface area contributed by atoms with Gasteiger partial charge in [-0.2, -0.15) is 5.26 Å². The summed E-state index contributed by atoms with van der Waals surface area (Å²) in [6.45, 7) is 16.6. The molecule has 32 heavy (non-hydrogen) atoms. The monoisotopic (exact) mass is 429 g/mol. The van der Waals surface area contributed by atoms with Crippen LogP contribution in [0.1, 0.15) is 58.9 Å². The lowest BCUT2D eigenvalue weighted by molar-refractivity contribution is 0.624. The van der Waals surface area contributed by atoms with Gasteiger partial charge in [-0.1, -0.05) is 87.6 Å². The fourth-order valence-electron chi connectivity index (χ4n) is 3.30. The van der Waals surface area contributed by atoms with E-state index in [1.54, 1.807) is 12.1 Å². The van der Waals surface area contributed by atoms with Gasteiger partial charge < -0.3 is 0 Å². The Morgan fingerprint density at radius 2 is 1.88 bits per heavy atom. The first-order valence-electron chi connectivity index (χ1n) is 11.3. The highest BCUT2D eigenvalue weighted by molar-refractivity contribution is 5.53. The van der Waals surface area contributed by atoms with E-state index in [2.05, 4.69) is 33.1 Å². The van der Waals surface area contributed by atoms with Crippen LogP contribution in [0.5, 0.6) is 0 Å². The molecule has 0 bridgehead atoms. The van der Waals surface area contributed by atoms with Gasteiger partial charge in [-0.3, -0.25) is 0 Å². The summed E-state index contributed by atoms with van der Waals surface area (Å²) in [4.78, 5) is 0. The maximum Gasteiger partial charge on any atom is 0.123 e. The van der Waals surface area contributed by atoms with Gasteiger partial charge in [0.05, 0.1) is 6.07 Å². The average molecular weight is 430 g/mol. The molecule has 0 unspecified atom stereocenters. The van der Waals surface area contributed by atoms with E-state index < -0.39 is 0 Å². The van der Waals surface area contributed by atoms with E-state index in [-0.39, 0.29) is 5.82 Å². The van der Waals surface area contributed by atoms with Crippen molar-refractivity contribution >= 4 is 0 Å². The molecule has 1 aliphatic rings. The average Bonchev–Trinajstić information content (AvgIpc) is 2.99. The highest BCUT2D eigenvalue weighted by Crippen LogP contribution is 2.25. The lowest BCUT2D eigenvalue weighted by Gasteiger charge is -2.11. The summed E-state index contributed by atoms with van der Waals surface area (Å²) >= 11 is 0. The number of hydrogen-bond donors (Lipinski definition) is 0. The molecule has 0 heterocycles. The predicted octanol–water partition coefficient (Wildman–Crippen LogP) is 8.91. The van der Waals surface area contributed by atoms with Crippen molar-refractivity contribution < 1.29 is 4.39 Å². The zero-order valence-corrected chi connectivity index (χ0v) is 20.0. The van der Waals surface area contributed by atoms with Crippen molar-refractivity contribution in [3.8, 4) is 6.07 Å². The van der Waals surface area contributed by atoms with Crippen molar-refractivity contribution in [2.45, 2.75) is 59.8 Å². The Balaban J connectivity index is 0.00000161. The molecule has 1 aromatic rings. The topological polar surface area (TPSA) is 23.8 Å². The van der Waals surface area contributed by atoms with Gasteiger partial charge in [0.25, 0.3) is 0 Å². The Kier molecular flexibility index (Phi) is 12.4. The third kappa shape index (κ3) is 9.31. The lowest BCUT2D eigenvalue weighted by atomic mass is 9.94. The Bertz CT molecular complexity index is 990. The minimum Gasteiger partial charge on any atom is -0.207 e. The van der Waals surface area contributed by atoms with E-state index in [0.717, 1.165) is 58.3 Å². The van der Waals surface area contributed by atoms with Gasteiger partial charge in [0.15, 0.2) is 0 Å². The van der Waals surface area contributed by atoms with E-state index in [1.807, 2.05) is 56.4 Å².